The largest absolute Gasteiger partial charge is 0.692 e. The van der Waals surface area contributed by atoms with Gasteiger partial charge in [0.05, 0.1) is 0 Å². The van der Waals surface area contributed by atoms with Crippen molar-refractivity contribution in [3.05, 3.63) is 30.1 Å². The van der Waals surface area contributed by atoms with Gasteiger partial charge >= 0.3 is 16.5 Å². The molecule has 0 aliphatic carbocycles. The van der Waals surface area contributed by atoms with E-state index < -0.39 is 16.5 Å². The van der Waals surface area contributed by atoms with E-state index >= 15 is 0 Å². The third kappa shape index (κ3) is 31.9. The molecule has 0 aliphatic rings. The average Bonchev–Trinajstić information content (AvgIpc) is 2.03. The van der Waals surface area contributed by atoms with Crippen LogP contribution < -0.4 is 0 Å². The Morgan fingerprint density at radius 1 is 1.07 bits per heavy atom. The van der Waals surface area contributed by atoms with Crippen LogP contribution in [-0.2, 0) is 9.13 Å². The Morgan fingerprint density at radius 2 is 1.47 bits per heavy atom. The molecule has 15 heavy (non-hydrogen) atoms. The SMILES string of the molecule is Cc1ccccn1.O=[P+](O)O.O=[P+](O)O. The number of pyridine rings is 1. The van der Waals surface area contributed by atoms with Gasteiger partial charge in [-0.1, -0.05) is 6.07 Å². The van der Waals surface area contributed by atoms with Gasteiger partial charge in [0, 0.05) is 21.0 Å². The maximum atomic E-state index is 8.70. The predicted octanol–water partition coefficient (Wildman–Crippen LogP) is 0.647. The minimum absolute atomic E-state index is 1.07. The van der Waals surface area contributed by atoms with Gasteiger partial charge in [0.1, 0.15) is 0 Å². The summed E-state index contributed by atoms with van der Waals surface area (Å²) in [5.74, 6) is 0. The van der Waals surface area contributed by atoms with Crippen LogP contribution in [-0.4, -0.2) is 24.6 Å². The second kappa shape index (κ2) is 11.3. The van der Waals surface area contributed by atoms with E-state index in [-0.39, 0.29) is 0 Å². The molecule has 1 aromatic rings. The lowest BCUT2D eigenvalue weighted by Gasteiger charge is -1.82. The molecule has 0 saturated heterocycles. The highest BCUT2D eigenvalue weighted by atomic mass is 31.1. The first-order chi connectivity index (χ1) is 6.86. The van der Waals surface area contributed by atoms with Gasteiger partial charge in [-0.25, -0.2) is 0 Å². The fourth-order valence-corrected chi connectivity index (χ4v) is 0.448. The maximum Gasteiger partial charge on any atom is 0.692 e. The third-order valence-electron chi connectivity index (χ3n) is 0.813. The van der Waals surface area contributed by atoms with Crippen LogP contribution in [0.5, 0.6) is 0 Å². The molecule has 0 saturated carbocycles. The maximum absolute atomic E-state index is 8.70. The van der Waals surface area contributed by atoms with Crippen LogP contribution in [0.25, 0.3) is 0 Å². The van der Waals surface area contributed by atoms with E-state index in [1.165, 1.54) is 0 Å². The molecule has 1 aromatic heterocycles. The minimum atomic E-state index is -2.87. The fraction of sp³-hybridized carbons (Fsp3) is 0.167. The molecule has 0 spiro atoms. The van der Waals surface area contributed by atoms with E-state index in [4.69, 9.17) is 28.7 Å². The number of hydrogen-bond donors (Lipinski definition) is 4. The summed E-state index contributed by atoms with van der Waals surface area (Å²) in [5.41, 5.74) is 1.07. The van der Waals surface area contributed by atoms with Crippen molar-refractivity contribution in [2.45, 2.75) is 6.92 Å². The molecule has 0 radical (unpaired) electrons. The van der Waals surface area contributed by atoms with E-state index in [2.05, 4.69) is 4.98 Å². The van der Waals surface area contributed by atoms with E-state index in [0.29, 0.717) is 0 Å². The highest BCUT2D eigenvalue weighted by molar-refractivity contribution is 7.31. The van der Waals surface area contributed by atoms with Gasteiger partial charge in [-0.3, -0.25) is 4.98 Å². The molecule has 1 rings (SSSR count). The molecule has 1 heterocycles. The first-order valence-corrected chi connectivity index (χ1v) is 5.77. The zero-order valence-corrected chi connectivity index (χ0v) is 9.55. The Balaban J connectivity index is 0. The van der Waals surface area contributed by atoms with Gasteiger partial charge in [-0.15, -0.1) is 19.6 Å². The molecular formula is C6H11NO6P2+2. The van der Waals surface area contributed by atoms with Crippen LogP contribution >= 0.6 is 16.5 Å². The number of rotatable bonds is 0. The lowest BCUT2D eigenvalue weighted by Crippen LogP contribution is -1.72. The van der Waals surface area contributed by atoms with Crippen molar-refractivity contribution in [1.29, 1.82) is 0 Å². The van der Waals surface area contributed by atoms with E-state index in [0.717, 1.165) is 5.69 Å². The van der Waals surface area contributed by atoms with Gasteiger partial charge in [-0.05, 0) is 19.1 Å². The van der Waals surface area contributed by atoms with Gasteiger partial charge in [0.25, 0.3) is 0 Å². The standard InChI is InChI=1S/C6H7N.2HO3P/c1-6-4-2-3-5-7-6;2*1-4(2)3/h2-5H,1H3;2*(H-,1,2,3)/p+2. The molecule has 4 N–H and O–H groups in total. The summed E-state index contributed by atoms with van der Waals surface area (Å²) in [6.45, 7) is 1.97. The average molecular weight is 255 g/mol. The van der Waals surface area contributed by atoms with Gasteiger partial charge in [-0.2, -0.15) is 0 Å². The van der Waals surface area contributed by atoms with Crippen LogP contribution in [0.15, 0.2) is 24.4 Å². The quantitative estimate of drug-likeness (QED) is 0.501. The van der Waals surface area contributed by atoms with Crippen LogP contribution in [0.3, 0.4) is 0 Å². The number of hydrogen-bond acceptors (Lipinski definition) is 3. The zero-order chi connectivity index (χ0) is 12.3. The Morgan fingerprint density at radius 3 is 1.60 bits per heavy atom. The van der Waals surface area contributed by atoms with Crippen molar-refractivity contribution in [2.24, 2.45) is 0 Å². The Kier molecular flexibility index (Phi) is 12.5. The molecule has 0 fully saturated rings. The van der Waals surface area contributed by atoms with Crippen molar-refractivity contribution in [1.82, 2.24) is 4.98 Å². The summed E-state index contributed by atoms with van der Waals surface area (Å²) in [6.07, 6.45) is 1.79. The molecule has 0 aromatic carbocycles. The van der Waals surface area contributed by atoms with Gasteiger partial charge < -0.3 is 0 Å². The topological polar surface area (TPSA) is 128 Å². The van der Waals surface area contributed by atoms with Gasteiger partial charge in [0.15, 0.2) is 0 Å². The molecule has 0 unspecified atom stereocenters. The lowest BCUT2D eigenvalue weighted by atomic mass is 10.4. The lowest BCUT2D eigenvalue weighted by molar-refractivity contribution is 0.403. The van der Waals surface area contributed by atoms with Gasteiger partial charge in [0.2, 0.25) is 0 Å². The summed E-state index contributed by atoms with van der Waals surface area (Å²) in [6, 6.07) is 5.86. The first kappa shape index (κ1) is 16.6. The number of nitrogens with zero attached hydrogens (tertiary/aromatic N) is 1. The van der Waals surface area contributed by atoms with Crippen molar-refractivity contribution in [3.63, 3.8) is 0 Å². The van der Waals surface area contributed by atoms with Crippen LogP contribution in [0.1, 0.15) is 5.69 Å². The van der Waals surface area contributed by atoms with Crippen molar-refractivity contribution in [3.8, 4) is 0 Å². The normalized spacial score (nSPS) is 7.53. The Bertz CT molecular complexity index is 273. The predicted molar refractivity (Wildman–Crippen MR) is 53.1 cm³/mol. The Labute approximate surface area is 88.0 Å². The molecule has 9 heteroatoms. The summed E-state index contributed by atoms with van der Waals surface area (Å²) >= 11 is 0. The summed E-state index contributed by atoms with van der Waals surface area (Å²) in [5, 5.41) is 0. The summed E-state index contributed by atoms with van der Waals surface area (Å²) < 4.78 is 17.4. The molecule has 0 aliphatic heterocycles. The number of aryl methyl sites for hydroxylation is 1. The van der Waals surface area contributed by atoms with E-state index in [1.807, 2.05) is 25.1 Å². The fourth-order valence-electron chi connectivity index (χ4n) is 0.448. The molecule has 84 valence electrons. The molecule has 0 bridgehead atoms. The van der Waals surface area contributed by atoms with Crippen LogP contribution in [0.2, 0.25) is 0 Å². The van der Waals surface area contributed by atoms with Crippen molar-refractivity contribution < 1.29 is 28.7 Å². The first-order valence-electron chi connectivity index (χ1n) is 3.44. The Hall–Kier alpha value is -0.810. The second-order valence-corrected chi connectivity index (χ2v) is 2.99. The molecule has 0 atom stereocenters. The van der Waals surface area contributed by atoms with Crippen LogP contribution in [0.4, 0.5) is 0 Å². The van der Waals surface area contributed by atoms with Crippen molar-refractivity contribution in [2.75, 3.05) is 0 Å². The smallest absolute Gasteiger partial charge is 0.262 e. The summed E-state index contributed by atoms with van der Waals surface area (Å²) in [4.78, 5) is 32.5. The van der Waals surface area contributed by atoms with E-state index in [1.54, 1.807) is 6.20 Å². The van der Waals surface area contributed by atoms with Crippen LogP contribution in [0, 0.1) is 6.92 Å². The third-order valence-corrected chi connectivity index (χ3v) is 0.813. The zero-order valence-electron chi connectivity index (χ0n) is 7.76. The highest BCUT2D eigenvalue weighted by Crippen LogP contribution is 1.98. The summed E-state index contributed by atoms with van der Waals surface area (Å²) in [7, 11) is -5.74. The highest BCUT2D eigenvalue weighted by Gasteiger charge is 1.93. The number of aromatic nitrogens is 1. The monoisotopic (exact) mass is 255 g/mol. The molecular weight excluding hydrogens is 244 g/mol. The molecule has 0 amide bonds. The molecule has 7 nitrogen and oxygen atoms in total. The van der Waals surface area contributed by atoms with E-state index in [9.17, 15) is 0 Å². The van der Waals surface area contributed by atoms with Crippen molar-refractivity contribution >= 4 is 16.5 Å². The second-order valence-electron chi connectivity index (χ2n) is 1.98. The minimum Gasteiger partial charge on any atom is -0.262 e.